The minimum atomic E-state index is -0.999. The first-order valence-corrected chi connectivity index (χ1v) is 11.0. The Kier molecular flexibility index (Phi) is 6.10. The maximum atomic E-state index is 14.7. The average Bonchev–Trinajstić information content (AvgIpc) is 3.15. The number of nitrogens with one attached hydrogen (secondary N) is 2. The van der Waals surface area contributed by atoms with Crippen LogP contribution in [0.3, 0.4) is 0 Å². The molecule has 176 valence electrons. The molecule has 0 saturated carbocycles. The molecule has 0 aliphatic carbocycles. The van der Waals surface area contributed by atoms with Gasteiger partial charge in [-0.05, 0) is 30.3 Å². The summed E-state index contributed by atoms with van der Waals surface area (Å²) in [6.07, 6.45) is 6.10. The van der Waals surface area contributed by atoms with Crippen molar-refractivity contribution in [2.45, 2.75) is 12.7 Å². The molecule has 2 aromatic carbocycles. The molecule has 35 heavy (non-hydrogen) atoms. The molecular weight excluding hydrogens is 476 g/mol. The van der Waals surface area contributed by atoms with E-state index >= 15 is 0 Å². The van der Waals surface area contributed by atoms with Gasteiger partial charge in [0.1, 0.15) is 11.6 Å². The van der Waals surface area contributed by atoms with Crippen LogP contribution >= 0.6 is 11.6 Å². The van der Waals surface area contributed by atoms with Gasteiger partial charge in [0.05, 0.1) is 35.3 Å². The smallest absolute Gasteiger partial charge is 0.332 e. The van der Waals surface area contributed by atoms with Gasteiger partial charge in [0.25, 0.3) is 0 Å². The van der Waals surface area contributed by atoms with Crippen molar-refractivity contribution in [2.24, 2.45) is 4.99 Å². The molecule has 3 N–H and O–H groups in total. The number of allylic oxidation sites excluding steroid dienone is 2. The second kappa shape index (κ2) is 9.36. The van der Waals surface area contributed by atoms with E-state index in [4.69, 9.17) is 11.6 Å². The number of rotatable bonds is 4. The molecule has 1 aromatic heterocycles. The second-order valence-corrected chi connectivity index (χ2v) is 8.34. The van der Waals surface area contributed by atoms with Crippen LogP contribution in [-0.2, 0) is 11.3 Å². The minimum absolute atomic E-state index is 0.110. The van der Waals surface area contributed by atoms with Gasteiger partial charge in [0, 0.05) is 34.5 Å². The van der Waals surface area contributed by atoms with Crippen LogP contribution in [0.25, 0.3) is 11.3 Å². The van der Waals surface area contributed by atoms with E-state index in [0.29, 0.717) is 27.4 Å². The van der Waals surface area contributed by atoms with E-state index in [0.717, 1.165) is 0 Å². The number of aliphatic carboxylic acids is 1. The molecule has 0 bridgehead atoms. The number of carbonyl (C=O) groups is 1. The number of aliphatic imine (C=N–C) groups is 1. The van der Waals surface area contributed by atoms with E-state index < -0.39 is 23.8 Å². The van der Waals surface area contributed by atoms with Crippen molar-refractivity contribution in [1.82, 2.24) is 15.3 Å². The monoisotopic (exact) mass is 493 g/mol. The maximum absolute atomic E-state index is 14.7. The molecule has 7 nitrogen and oxygen atoms in total. The fourth-order valence-electron chi connectivity index (χ4n) is 3.95. The maximum Gasteiger partial charge on any atom is 0.332 e. The standard InChI is InChI=1S/C25H18ClF2N5O2/c26-15-7-8-16-17(9-15)23(21-18(27)4-2-5-19(21)28)30-11-14-12-31-25(33-22(14)16)32-20-6-1-3-13(10-29-20)24(34)35/h1-9,12,20,29H,10-11H2,(H,34,35)(H,31,32,33). The lowest BCUT2D eigenvalue weighted by atomic mass is 9.95. The third kappa shape index (κ3) is 4.55. The molecule has 10 heteroatoms. The molecule has 1 atom stereocenters. The lowest BCUT2D eigenvalue weighted by molar-refractivity contribution is -0.132. The zero-order valence-electron chi connectivity index (χ0n) is 18.1. The molecular formula is C25H18ClF2N5O2. The third-order valence-corrected chi connectivity index (χ3v) is 5.87. The number of carboxylic acids is 1. The van der Waals surface area contributed by atoms with Crippen LogP contribution in [0.1, 0.15) is 16.7 Å². The largest absolute Gasteiger partial charge is 0.478 e. The first kappa shape index (κ1) is 22.8. The third-order valence-electron chi connectivity index (χ3n) is 5.64. The molecule has 0 amide bonds. The van der Waals surface area contributed by atoms with Gasteiger partial charge in [0.2, 0.25) is 5.95 Å². The highest BCUT2D eigenvalue weighted by atomic mass is 35.5. The Hall–Kier alpha value is -3.95. The number of fused-ring (bicyclic) bond motifs is 3. The van der Waals surface area contributed by atoms with Crippen molar-refractivity contribution in [3.05, 3.63) is 99.7 Å². The summed E-state index contributed by atoms with van der Waals surface area (Å²) in [7, 11) is 0. The van der Waals surface area contributed by atoms with Crippen molar-refractivity contribution in [1.29, 1.82) is 0 Å². The number of carboxylic acid groups (broad SMARTS) is 1. The number of benzene rings is 2. The predicted molar refractivity (Wildman–Crippen MR) is 128 cm³/mol. The predicted octanol–water partition coefficient (Wildman–Crippen LogP) is 4.33. The van der Waals surface area contributed by atoms with Crippen LogP contribution < -0.4 is 10.6 Å². The van der Waals surface area contributed by atoms with Crippen LogP contribution in [0, 0.1) is 11.6 Å². The summed E-state index contributed by atoms with van der Waals surface area (Å²) >= 11 is 6.25. The van der Waals surface area contributed by atoms with Crippen molar-refractivity contribution >= 4 is 29.2 Å². The van der Waals surface area contributed by atoms with Crippen LogP contribution in [0.15, 0.2) is 71.4 Å². The number of nitrogens with zero attached hydrogens (tertiary/aromatic N) is 3. The van der Waals surface area contributed by atoms with Gasteiger partial charge in [-0.1, -0.05) is 35.9 Å². The molecule has 1 unspecified atom stereocenters. The van der Waals surface area contributed by atoms with Gasteiger partial charge < -0.3 is 10.4 Å². The summed E-state index contributed by atoms with van der Waals surface area (Å²) < 4.78 is 29.4. The average molecular weight is 494 g/mol. The Bertz CT molecular complexity index is 1420. The van der Waals surface area contributed by atoms with E-state index in [9.17, 15) is 18.7 Å². The highest BCUT2D eigenvalue weighted by molar-refractivity contribution is 6.31. The van der Waals surface area contributed by atoms with Crippen molar-refractivity contribution in [2.75, 3.05) is 11.9 Å². The van der Waals surface area contributed by atoms with Gasteiger partial charge >= 0.3 is 5.97 Å². The fourth-order valence-corrected chi connectivity index (χ4v) is 4.12. The van der Waals surface area contributed by atoms with E-state index in [1.807, 2.05) is 0 Å². The molecule has 3 aromatic rings. The second-order valence-electron chi connectivity index (χ2n) is 7.90. The molecule has 2 aliphatic heterocycles. The highest BCUT2D eigenvalue weighted by Crippen LogP contribution is 2.34. The molecule has 0 radical (unpaired) electrons. The fraction of sp³-hybridized carbons (Fsp3) is 0.120. The lowest BCUT2D eigenvalue weighted by Crippen LogP contribution is -2.36. The Morgan fingerprint density at radius 3 is 2.74 bits per heavy atom. The Morgan fingerprint density at radius 2 is 1.97 bits per heavy atom. The summed E-state index contributed by atoms with van der Waals surface area (Å²) in [4.78, 5) is 24.8. The molecule has 5 rings (SSSR count). The SMILES string of the molecule is O=C(O)C1=CC=CC(Nc2ncc3c(n2)-c2ccc(Cl)cc2C(c2c(F)cccc2F)=NC3)NC1. The molecule has 0 spiro atoms. The zero-order chi connectivity index (χ0) is 24.5. The van der Waals surface area contributed by atoms with Crippen LogP contribution in [0.4, 0.5) is 14.7 Å². The molecule has 0 saturated heterocycles. The molecule has 3 heterocycles. The van der Waals surface area contributed by atoms with Gasteiger partial charge in [0.15, 0.2) is 0 Å². The first-order chi connectivity index (χ1) is 16.9. The van der Waals surface area contributed by atoms with E-state index in [1.165, 1.54) is 24.3 Å². The number of hydrogen-bond acceptors (Lipinski definition) is 6. The van der Waals surface area contributed by atoms with Crippen molar-refractivity contribution < 1.29 is 18.7 Å². The summed E-state index contributed by atoms with van der Waals surface area (Å²) in [5, 5.41) is 15.8. The van der Waals surface area contributed by atoms with E-state index in [2.05, 4.69) is 25.6 Å². The minimum Gasteiger partial charge on any atom is -0.478 e. The topological polar surface area (TPSA) is 99.5 Å². The van der Waals surface area contributed by atoms with Gasteiger partial charge in [-0.2, -0.15) is 0 Å². The Balaban J connectivity index is 1.52. The molecule has 2 aliphatic rings. The van der Waals surface area contributed by atoms with Gasteiger partial charge in [-0.3, -0.25) is 10.3 Å². The highest BCUT2D eigenvalue weighted by Gasteiger charge is 2.25. The number of aromatic nitrogens is 2. The van der Waals surface area contributed by atoms with E-state index in [1.54, 1.807) is 36.5 Å². The Morgan fingerprint density at radius 1 is 1.17 bits per heavy atom. The zero-order valence-corrected chi connectivity index (χ0v) is 18.9. The van der Waals surface area contributed by atoms with Crippen LogP contribution in [0.2, 0.25) is 5.02 Å². The molecule has 0 fully saturated rings. The normalized spacial score (nSPS) is 16.8. The lowest BCUT2D eigenvalue weighted by Gasteiger charge is -2.17. The summed E-state index contributed by atoms with van der Waals surface area (Å²) in [6.45, 7) is 0.260. The quantitative estimate of drug-likeness (QED) is 0.500. The van der Waals surface area contributed by atoms with E-state index in [-0.39, 0.29) is 35.9 Å². The number of hydrogen-bond donors (Lipinski definition) is 3. The summed E-state index contributed by atoms with van der Waals surface area (Å²) in [5.74, 6) is -2.17. The number of halogens is 3. The van der Waals surface area contributed by atoms with Gasteiger partial charge in [-0.25, -0.2) is 23.5 Å². The van der Waals surface area contributed by atoms with Crippen LogP contribution in [-0.4, -0.2) is 39.5 Å². The van der Waals surface area contributed by atoms with Crippen LogP contribution in [0.5, 0.6) is 0 Å². The van der Waals surface area contributed by atoms with Crippen molar-refractivity contribution in [3.8, 4) is 11.3 Å². The van der Waals surface area contributed by atoms with Crippen molar-refractivity contribution in [3.63, 3.8) is 0 Å². The number of anilines is 1. The summed E-state index contributed by atoms with van der Waals surface area (Å²) in [6, 6.07) is 8.69. The van der Waals surface area contributed by atoms with Gasteiger partial charge in [-0.15, -0.1) is 0 Å². The Labute approximate surface area is 203 Å². The summed E-state index contributed by atoms with van der Waals surface area (Å²) in [5.41, 5.74) is 2.41. The first-order valence-electron chi connectivity index (χ1n) is 10.7.